The third-order valence-corrected chi connectivity index (χ3v) is 4.87. The normalized spacial score (nSPS) is 14.6. The Labute approximate surface area is 155 Å². The van der Waals surface area contributed by atoms with Crippen LogP contribution in [0.4, 0.5) is 11.4 Å². The van der Waals surface area contributed by atoms with Gasteiger partial charge in [-0.05, 0) is 48.7 Å². The zero-order valence-electron chi connectivity index (χ0n) is 14.4. The maximum Gasteiger partial charge on any atom is 0.159 e. The Kier molecular flexibility index (Phi) is 3.60. The predicted molar refractivity (Wildman–Crippen MR) is 104 cm³/mol. The van der Waals surface area contributed by atoms with Crippen molar-refractivity contribution in [2.45, 2.75) is 12.8 Å². The Morgan fingerprint density at radius 1 is 1.00 bits per heavy atom. The number of furan rings is 1. The number of nitrogens with one attached hydrogen (secondary N) is 1. The quantitative estimate of drug-likeness (QED) is 0.408. The lowest BCUT2D eigenvalue weighted by atomic mass is 10.1. The number of benzene rings is 1. The molecule has 4 aromatic rings. The second-order valence-corrected chi connectivity index (χ2v) is 6.46. The van der Waals surface area contributed by atoms with Crippen LogP contribution in [0.3, 0.4) is 0 Å². The van der Waals surface area contributed by atoms with Gasteiger partial charge in [-0.3, -0.25) is 9.97 Å². The van der Waals surface area contributed by atoms with Crippen molar-refractivity contribution in [3.8, 4) is 11.3 Å². The molecule has 0 radical (unpaired) electrons. The molecule has 1 aromatic carbocycles. The highest BCUT2D eigenvalue weighted by Crippen LogP contribution is 2.39. The van der Waals surface area contributed by atoms with Gasteiger partial charge in [-0.1, -0.05) is 11.2 Å². The summed E-state index contributed by atoms with van der Waals surface area (Å²) >= 11 is 0. The molecule has 6 heteroatoms. The number of pyridine rings is 2. The van der Waals surface area contributed by atoms with E-state index < -0.39 is 0 Å². The van der Waals surface area contributed by atoms with Crippen LogP contribution in [-0.2, 0) is 6.42 Å². The topological polar surface area (TPSA) is 83.5 Å². The summed E-state index contributed by atoms with van der Waals surface area (Å²) in [5.41, 5.74) is 6.46. The molecule has 0 aliphatic heterocycles. The third kappa shape index (κ3) is 2.62. The standard InChI is InChI=1S/C21H16N4O2/c26-25-18-4-1-14-11-15(2-3-16(14)18)24-20-17-7-10-23-12-19(17)27-21(20)13-5-8-22-9-6-13/h2-3,5-12,24,26H,1,4H2/b25-18+. The van der Waals surface area contributed by atoms with Crippen LogP contribution in [0.15, 0.2) is 70.8 Å². The van der Waals surface area contributed by atoms with E-state index in [4.69, 9.17) is 9.62 Å². The molecule has 1 aliphatic carbocycles. The molecule has 132 valence electrons. The van der Waals surface area contributed by atoms with Crippen molar-refractivity contribution in [3.63, 3.8) is 0 Å². The van der Waals surface area contributed by atoms with Crippen LogP contribution in [0, 0.1) is 0 Å². The summed E-state index contributed by atoms with van der Waals surface area (Å²) < 4.78 is 6.08. The number of aryl methyl sites for hydroxylation is 1. The molecule has 0 saturated heterocycles. The van der Waals surface area contributed by atoms with Crippen molar-refractivity contribution in [1.29, 1.82) is 0 Å². The van der Waals surface area contributed by atoms with Crippen LogP contribution in [0.5, 0.6) is 0 Å². The number of oxime groups is 1. The first-order chi connectivity index (χ1) is 13.3. The van der Waals surface area contributed by atoms with Crippen LogP contribution in [0.1, 0.15) is 17.5 Å². The molecule has 0 saturated carbocycles. The van der Waals surface area contributed by atoms with E-state index in [9.17, 15) is 0 Å². The van der Waals surface area contributed by atoms with E-state index in [2.05, 4.69) is 26.5 Å². The minimum Gasteiger partial charge on any atom is -0.452 e. The minimum atomic E-state index is 0.725. The number of anilines is 2. The van der Waals surface area contributed by atoms with Crippen molar-refractivity contribution in [2.75, 3.05) is 5.32 Å². The minimum absolute atomic E-state index is 0.725. The maximum atomic E-state index is 9.12. The first-order valence-corrected chi connectivity index (χ1v) is 8.71. The number of hydrogen-bond acceptors (Lipinski definition) is 6. The molecular weight excluding hydrogens is 340 g/mol. The van der Waals surface area contributed by atoms with Gasteiger partial charge in [0.2, 0.25) is 0 Å². The second kappa shape index (κ2) is 6.25. The number of fused-ring (bicyclic) bond motifs is 2. The van der Waals surface area contributed by atoms with E-state index in [0.717, 1.165) is 57.8 Å². The Morgan fingerprint density at radius 2 is 1.85 bits per heavy atom. The predicted octanol–water partition coefficient (Wildman–Crippen LogP) is 4.76. The maximum absolute atomic E-state index is 9.12. The van der Waals surface area contributed by atoms with Crippen LogP contribution in [0.25, 0.3) is 22.3 Å². The fourth-order valence-electron chi connectivity index (χ4n) is 3.58. The molecule has 3 heterocycles. The fraction of sp³-hybridized carbons (Fsp3) is 0.0952. The lowest BCUT2D eigenvalue weighted by Gasteiger charge is -2.09. The number of rotatable bonds is 3. The molecule has 0 atom stereocenters. The van der Waals surface area contributed by atoms with Gasteiger partial charge < -0.3 is 14.9 Å². The molecule has 3 aromatic heterocycles. The highest BCUT2D eigenvalue weighted by molar-refractivity contribution is 6.05. The molecule has 6 nitrogen and oxygen atoms in total. The fourth-order valence-corrected chi connectivity index (χ4v) is 3.58. The van der Waals surface area contributed by atoms with Crippen molar-refractivity contribution in [1.82, 2.24) is 9.97 Å². The molecule has 0 amide bonds. The molecule has 1 aliphatic rings. The van der Waals surface area contributed by atoms with E-state index in [0.29, 0.717) is 0 Å². The molecule has 0 spiro atoms. The lowest BCUT2D eigenvalue weighted by molar-refractivity contribution is 0.318. The van der Waals surface area contributed by atoms with Gasteiger partial charge in [-0.2, -0.15) is 0 Å². The zero-order chi connectivity index (χ0) is 18.2. The van der Waals surface area contributed by atoms with Crippen molar-refractivity contribution >= 4 is 28.1 Å². The van der Waals surface area contributed by atoms with Crippen LogP contribution in [-0.4, -0.2) is 20.9 Å². The first-order valence-electron chi connectivity index (χ1n) is 8.71. The molecule has 27 heavy (non-hydrogen) atoms. The van der Waals surface area contributed by atoms with Crippen molar-refractivity contribution < 1.29 is 9.62 Å². The number of aromatic nitrogens is 2. The molecule has 0 bridgehead atoms. The highest BCUT2D eigenvalue weighted by Gasteiger charge is 2.20. The Bertz CT molecular complexity index is 1170. The average Bonchev–Trinajstić information content (AvgIpc) is 3.30. The second-order valence-electron chi connectivity index (χ2n) is 6.46. The summed E-state index contributed by atoms with van der Waals surface area (Å²) in [5.74, 6) is 0.749. The summed E-state index contributed by atoms with van der Waals surface area (Å²) in [5, 5.41) is 17.0. The van der Waals surface area contributed by atoms with Gasteiger partial charge in [0.25, 0.3) is 0 Å². The Hall–Kier alpha value is -3.67. The molecule has 2 N–H and O–H groups in total. The first kappa shape index (κ1) is 15.6. The smallest absolute Gasteiger partial charge is 0.159 e. The molecule has 0 unspecified atom stereocenters. The SMILES string of the molecule is O/N=C1\CCc2cc(Nc3c(-c4ccncc4)oc4cnccc34)ccc21. The zero-order valence-corrected chi connectivity index (χ0v) is 14.4. The van der Waals surface area contributed by atoms with E-state index >= 15 is 0 Å². The van der Waals surface area contributed by atoms with Gasteiger partial charge in [0.1, 0.15) is 0 Å². The van der Waals surface area contributed by atoms with Crippen LogP contribution >= 0.6 is 0 Å². The summed E-state index contributed by atoms with van der Waals surface area (Å²) in [7, 11) is 0. The van der Waals surface area contributed by atoms with Gasteiger partial charge in [0, 0.05) is 40.8 Å². The Morgan fingerprint density at radius 3 is 2.70 bits per heavy atom. The van der Waals surface area contributed by atoms with E-state index in [1.807, 2.05) is 30.3 Å². The average molecular weight is 356 g/mol. The van der Waals surface area contributed by atoms with E-state index in [1.165, 1.54) is 5.56 Å². The largest absolute Gasteiger partial charge is 0.452 e. The van der Waals surface area contributed by atoms with Gasteiger partial charge in [0.15, 0.2) is 11.3 Å². The van der Waals surface area contributed by atoms with Crippen LogP contribution < -0.4 is 5.32 Å². The molecule has 5 rings (SSSR count). The van der Waals surface area contributed by atoms with E-state index in [-0.39, 0.29) is 0 Å². The number of nitrogens with zero attached hydrogens (tertiary/aromatic N) is 3. The monoisotopic (exact) mass is 356 g/mol. The lowest BCUT2D eigenvalue weighted by Crippen LogP contribution is -1.96. The van der Waals surface area contributed by atoms with Gasteiger partial charge in [0.05, 0.1) is 17.6 Å². The molecule has 0 fully saturated rings. The highest BCUT2D eigenvalue weighted by atomic mass is 16.4. The van der Waals surface area contributed by atoms with Gasteiger partial charge >= 0.3 is 0 Å². The summed E-state index contributed by atoms with van der Waals surface area (Å²) in [6.45, 7) is 0. The third-order valence-electron chi connectivity index (χ3n) is 4.87. The van der Waals surface area contributed by atoms with Crippen molar-refractivity contribution in [3.05, 3.63) is 72.3 Å². The van der Waals surface area contributed by atoms with E-state index in [1.54, 1.807) is 24.8 Å². The van der Waals surface area contributed by atoms with Gasteiger partial charge in [-0.25, -0.2) is 0 Å². The summed E-state index contributed by atoms with van der Waals surface area (Å²) in [6, 6.07) is 11.9. The van der Waals surface area contributed by atoms with Crippen molar-refractivity contribution in [2.24, 2.45) is 5.16 Å². The Balaban J connectivity index is 1.61. The van der Waals surface area contributed by atoms with Gasteiger partial charge in [-0.15, -0.1) is 0 Å². The summed E-state index contributed by atoms with van der Waals surface area (Å²) in [4.78, 5) is 8.25. The summed E-state index contributed by atoms with van der Waals surface area (Å²) in [6.07, 6.45) is 8.60. The molecular formula is C21H16N4O2. The van der Waals surface area contributed by atoms with Crippen LogP contribution in [0.2, 0.25) is 0 Å². The number of hydrogen-bond donors (Lipinski definition) is 2.